The topological polar surface area (TPSA) is 110 Å². The van der Waals surface area contributed by atoms with Crippen LogP contribution in [-0.2, 0) is 19.6 Å². The third-order valence-electron chi connectivity index (χ3n) is 2.46. The summed E-state index contributed by atoms with van der Waals surface area (Å²) in [6, 6.07) is 5.90. The van der Waals surface area contributed by atoms with E-state index in [4.69, 9.17) is 5.73 Å². The highest BCUT2D eigenvalue weighted by molar-refractivity contribution is 7.89. The number of hydrogen-bond donors (Lipinski definition) is 2. The average Bonchev–Trinajstić information content (AvgIpc) is 2.28. The van der Waals surface area contributed by atoms with Crippen molar-refractivity contribution in [3.63, 3.8) is 0 Å². The first kappa shape index (κ1) is 12.5. The van der Waals surface area contributed by atoms with Crippen LogP contribution in [0.5, 0.6) is 0 Å². The van der Waals surface area contributed by atoms with Gasteiger partial charge in [-0.25, -0.2) is 8.42 Å². The number of amides is 2. The molecule has 0 aromatic heterocycles. The number of rotatable bonds is 2. The van der Waals surface area contributed by atoms with E-state index in [-0.39, 0.29) is 23.7 Å². The molecule has 1 saturated heterocycles. The number of nitrogen functional groups attached to an aromatic ring is 1. The SMILES string of the molecule is Nc1ccccc1S(=O)(=O)N1CC(=O)NC(=O)C1. The average molecular weight is 269 g/mol. The molecule has 0 radical (unpaired) electrons. The summed E-state index contributed by atoms with van der Waals surface area (Å²) in [5, 5.41) is 2.03. The number of anilines is 1. The Hall–Kier alpha value is -1.93. The van der Waals surface area contributed by atoms with E-state index in [9.17, 15) is 18.0 Å². The molecule has 0 atom stereocenters. The first-order valence-corrected chi connectivity index (χ1v) is 6.52. The second-order valence-electron chi connectivity index (χ2n) is 3.78. The van der Waals surface area contributed by atoms with Crippen LogP contribution in [0.2, 0.25) is 0 Å². The van der Waals surface area contributed by atoms with Gasteiger partial charge in [-0.15, -0.1) is 0 Å². The van der Waals surface area contributed by atoms with Crippen molar-refractivity contribution in [1.29, 1.82) is 0 Å². The number of hydrogen-bond acceptors (Lipinski definition) is 5. The monoisotopic (exact) mass is 269 g/mol. The zero-order chi connectivity index (χ0) is 13.3. The van der Waals surface area contributed by atoms with Crippen molar-refractivity contribution in [2.45, 2.75) is 4.90 Å². The summed E-state index contributed by atoms with van der Waals surface area (Å²) in [7, 11) is -3.93. The van der Waals surface area contributed by atoms with Crippen LogP contribution in [0.1, 0.15) is 0 Å². The minimum atomic E-state index is -3.93. The fourth-order valence-electron chi connectivity index (χ4n) is 1.64. The number of nitrogens with two attached hydrogens (primary N) is 1. The molecule has 0 saturated carbocycles. The number of para-hydroxylation sites is 1. The predicted molar refractivity (Wildman–Crippen MR) is 62.8 cm³/mol. The lowest BCUT2D eigenvalue weighted by atomic mass is 10.3. The summed E-state index contributed by atoms with van der Waals surface area (Å²) in [6.07, 6.45) is 0. The second-order valence-corrected chi connectivity index (χ2v) is 5.69. The highest BCUT2D eigenvalue weighted by atomic mass is 32.2. The molecular weight excluding hydrogens is 258 g/mol. The maximum absolute atomic E-state index is 12.2. The van der Waals surface area contributed by atoms with Gasteiger partial charge in [0.2, 0.25) is 21.8 Å². The fraction of sp³-hybridized carbons (Fsp3) is 0.200. The van der Waals surface area contributed by atoms with Gasteiger partial charge < -0.3 is 5.73 Å². The first-order valence-electron chi connectivity index (χ1n) is 5.08. The Kier molecular flexibility index (Phi) is 3.05. The number of nitrogens with zero attached hydrogens (tertiary/aromatic N) is 1. The maximum Gasteiger partial charge on any atom is 0.246 e. The number of piperazine rings is 1. The van der Waals surface area contributed by atoms with Crippen molar-refractivity contribution < 1.29 is 18.0 Å². The second kappa shape index (κ2) is 4.39. The van der Waals surface area contributed by atoms with E-state index < -0.39 is 21.8 Å². The molecular formula is C10H11N3O4S. The van der Waals surface area contributed by atoms with Crippen LogP contribution in [0.15, 0.2) is 29.2 Å². The molecule has 0 unspecified atom stereocenters. The Bertz CT molecular complexity index is 595. The molecule has 3 N–H and O–H groups in total. The van der Waals surface area contributed by atoms with Gasteiger partial charge in [-0.05, 0) is 12.1 Å². The third kappa shape index (κ3) is 2.20. The van der Waals surface area contributed by atoms with E-state index >= 15 is 0 Å². The molecule has 7 nitrogen and oxygen atoms in total. The zero-order valence-corrected chi connectivity index (χ0v) is 10.1. The standard InChI is InChI=1S/C10H11N3O4S/c11-7-3-1-2-4-8(7)18(16,17)13-5-9(14)12-10(15)6-13/h1-4H,5-6,11H2,(H,12,14,15). The molecule has 0 aliphatic carbocycles. The molecule has 1 aromatic carbocycles. The van der Waals surface area contributed by atoms with E-state index in [1.54, 1.807) is 6.07 Å². The van der Waals surface area contributed by atoms with Gasteiger partial charge in [-0.1, -0.05) is 12.1 Å². The molecule has 1 aliphatic heterocycles. The molecule has 0 spiro atoms. The summed E-state index contributed by atoms with van der Waals surface area (Å²) >= 11 is 0. The molecule has 96 valence electrons. The van der Waals surface area contributed by atoms with Crippen molar-refractivity contribution >= 4 is 27.5 Å². The Labute approximate surface area is 104 Å². The van der Waals surface area contributed by atoms with Crippen molar-refractivity contribution in [3.8, 4) is 0 Å². The van der Waals surface area contributed by atoms with Gasteiger partial charge >= 0.3 is 0 Å². The van der Waals surface area contributed by atoms with Gasteiger partial charge in [0.1, 0.15) is 4.90 Å². The van der Waals surface area contributed by atoms with Crippen LogP contribution in [-0.4, -0.2) is 37.6 Å². The van der Waals surface area contributed by atoms with E-state index in [1.165, 1.54) is 18.2 Å². The summed E-state index contributed by atoms with van der Waals surface area (Å²) < 4.78 is 25.2. The number of nitrogens with one attached hydrogen (secondary N) is 1. The molecule has 0 bridgehead atoms. The third-order valence-corrected chi connectivity index (χ3v) is 4.32. The molecule has 1 fully saturated rings. The van der Waals surface area contributed by atoms with E-state index in [2.05, 4.69) is 0 Å². The van der Waals surface area contributed by atoms with Gasteiger partial charge in [-0.3, -0.25) is 14.9 Å². The lowest BCUT2D eigenvalue weighted by Crippen LogP contribution is -2.53. The number of imide groups is 1. The maximum atomic E-state index is 12.2. The van der Waals surface area contributed by atoms with Gasteiger partial charge in [0.25, 0.3) is 0 Å². The number of sulfonamides is 1. The van der Waals surface area contributed by atoms with Crippen molar-refractivity contribution in [3.05, 3.63) is 24.3 Å². The van der Waals surface area contributed by atoms with Crippen LogP contribution in [0.25, 0.3) is 0 Å². The van der Waals surface area contributed by atoms with Gasteiger partial charge in [-0.2, -0.15) is 4.31 Å². The van der Waals surface area contributed by atoms with E-state index in [0.717, 1.165) is 4.31 Å². The first-order chi connectivity index (χ1) is 8.41. The summed E-state index contributed by atoms with van der Waals surface area (Å²) in [5.41, 5.74) is 5.67. The zero-order valence-electron chi connectivity index (χ0n) is 9.29. The molecule has 18 heavy (non-hydrogen) atoms. The smallest absolute Gasteiger partial charge is 0.246 e. The highest BCUT2D eigenvalue weighted by Gasteiger charge is 2.33. The number of carbonyl (C=O) groups is 2. The molecule has 1 heterocycles. The fourth-order valence-corrected chi connectivity index (χ4v) is 3.10. The summed E-state index contributed by atoms with van der Waals surface area (Å²) in [6.45, 7) is -0.773. The minimum absolute atomic E-state index is 0.0796. The van der Waals surface area contributed by atoms with Crippen molar-refractivity contribution in [1.82, 2.24) is 9.62 Å². The summed E-state index contributed by atoms with van der Waals surface area (Å²) in [4.78, 5) is 22.3. The van der Waals surface area contributed by atoms with Crippen LogP contribution < -0.4 is 11.1 Å². The largest absolute Gasteiger partial charge is 0.398 e. The van der Waals surface area contributed by atoms with Crippen LogP contribution in [0.3, 0.4) is 0 Å². The minimum Gasteiger partial charge on any atom is -0.398 e. The lowest BCUT2D eigenvalue weighted by Gasteiger charge is -2.25. The van der Waals surface area contributed by atoms with Gasteiger partial charge in [0, 0.05) is 0 Å². The van der Waals surface area contributed by atoms with Gasteiger partial charge in [0.15, 0.2) is 0 Å². The molecule has 2 amide bonds. The quantitative estimate of drug-likeness (QED) is 0.524. The van der Waals surface area contributed by atoms with E-state index in [1.807, 2.05) is 5.32 Å². The van der Waals surface area contributed by atoms with Gasteiger partial charge in [0.05, 0.1) is 18.8 Å². The molecule has 1 aliphatic rings. The molecule has 8 heteroatoms. The van der Waals surface area contributed by atoms with Crippen LogP contribution >= 0.6 is 0 Å². The number of carbonyl (C=O) groups excluding carboxylic acids is 2. The van der Waals surface area contributed by atoms with Crippen LogP contribution in [0.4, 0.5) is 5.69 Å². The predicted octanol–water partition coefficient (Wildman–Crippen LogP) is -1.08. The molecule has 2 rings (SSSR count). The lowest BCUT2D eigenvalue weighted by molar-refractivity contribution is -0.134. The molecule has 1 aromatic rings. The highest BCUT2D eigenvalue weighted by Crippen LogP contribution is 2.22. The van der Waals surface area contributed by atoms with Crippen molar-refractivity contribution in [2.75, 3.05) is 18.8 Å². The normalized spacial score (nSPS) is 17.6. The Morgan fingerprint density at radius 2 is 1.67 bits per heavy atom. The summed E-state index contributed by atoms with van der Waals surface area (Å²) in [5.74, 6) is -1.30. The Morgan fingerprint density at radius 3 is 2.22 bits per heavy atom. The number of benzene rings is 1. The van der Waals surface area contributed by atoms with Crippen LogP contribution in [0, 0.1) is 0 Å². The van der Waals surface area contributed by atoms with E-state index in [0.29, 0.717) is 0 Å². The Balaban J connectivity index is 2.40. The van der Waals surface area contributed by atoms with Crippen molar-refractivity contribution in [2.24, 2.45) is 0 Å². The Morgan fingerprint density at radius 1 is 1.11 bits per heavy atom.